The Kier molecular flexibility index (Phi) is 7.72. The summed E-state index contributed by atoms with van der Waals surface area (Å²) in [7, 11) is 1.59. The van der Waals surface area contributed by atoms with E-state index < -0.39 is 23.3 Å². The van der Waals surface area contributed by atoms with Crippen molar-refractivity contribution in [2.24, 2.45) is 0 Å². The Hall–Kier alpha value is -3.70. The predicted octanol–water partition coefficient (Wildman–Crippen LogP) is 2.94. The number of hydrogen-bond acceptors (Lipinski definition) is 7. The number of carboxylic acid groups (broad SMARTS) is 1. The molecule has 202 valence electrons. The van der Waals surface area contributed by atoms with E-state index in [4.69, 9.17) is 4.74 Å². The largest absolute Gasteiger partial charge is 0.497 e. The maximum atomic E-state index is 13.4. The van der Waals surface area contributed by atoms with Crippen molar-refractivity contribution in [3.05, 3.63) is 83.1 Å². The average Bonchev–Trinajstić information content (AvgIpc) is 3.29. The van der Waals surface area contributed by atoms with Gasteiger partial charge in [0.15, 0.2) is 0 Å². The van der Waals surface area contributed by atoms with Crippen LogP contribution < -0.4 is 9.64 Å². The van der Waals surface area contributed by atoms with Crippen LogP contribution in [0.3, 0.4) is 0 Å². The van der Waals surface area contributed by atoms with Gasteiger partial charge in [0.1, 0.15) is 22.9 Å². The maximum Gasteiger partial charge on any atom is 0.352 e. The van der Waals surface area contributed by atoms with Gasteiger partial charge in [-0.3, -0.25) is 24.2 Å². The number of benzene rings is 2. The molecule has 3 aliphatic heterocycles. The Balaban J connectivity index is 1.38. The second-order valence-corrected chi connectivity index (χ2v) is 10.7. The summed E-state index contributed by atoms with van der Waals surface area (Å²) in [5.74, 6) is -1.28. The molecule has 0 aliphatic carbocycles. The highest BCUT2D eigenvalue weighted by atomic mass is 32.2. The number of likely N-dealkylation sites (tertiary alicyclic amines) is 1. The fourth-order valence-electron chi connectivity index (χ4n) is 5.08. The van der Waals surface area contributed by atoms with Crippen LogP contribution in [-0.4, -0.2) is 75.2 Å². The van der Waals surface area contributed by atoms with E-state index in [9.17, 15) is 24.3 Å². The number of nitrogens with zero attached hydrogens (tertiary/aromatic N) is 3. The SMILES string of the molecule is COc1ccc(CN2CC/C(=C\C3=C(C(=O)O)N4C(=O)[C@@H](N(C(=O)CS)c5ccccc5)[C@H]4SC3)C2=O)cc1. The van der Waals surface area contributed by atoms with Crippen LogP contribution in [0.15, 0.2) is 77.5 Å². The second-order valence-electron chi connectivity index (χ2n) is 9.29. The first-order valence-electron chi connectivity index (χ1n) is 12.4. The molecule has 2 atom stereocenters. The smallest absolute Gasteiger partial charge is 0.352 e. The van der Waals surface area contributed by atoms with Crippen LogP contribution >= 0.6 is 24.4 Å². The van der Waals surface area contributed by atoms with Crippen LogP contribution in [0.1, 0.15) is 12.0 Å². The molecule has 9 nitrogen and oxygen atoms in total. The number of β-lactam (4-membered cyclic amide) rings is 1. The molecule has 3 aliphatic rings. The summed E-state index contributed by atoms with van der Waals surface area (Å²) in [6, 6.07) is 15.5. The molecular formula is C28H27N3O6S2. The van der Waals surface area contributed by atoms with Gasteiger partial charge in [-0.05, 0) is 47.9 Å². The van der Waals surface area contributed by atoms with Crippen LogP contribution in [0.4, 0.5) is 5.69 Å². The lowest BCUT2D eigenvalue weighted by molar-refractivity contribution is -0.148. The van der Waals surface area contributed by atoms with Gasteiger partial charge in [0.05, 0.1) is 12.9 Å². The molecule has 2 aromatic carbocycles. The minimum absolute atomic E-state index is 0.0931. The second kappa shape index (κ2) is 11.2. The molecular weight excluding hydrogens is 538 g/mol. The number of carbonyl (C=O) groups excluding carboxylic acids is 3. The molecule has 0 spiro atoms. The molecule has 0 radical (unpaired) electrons. The molecule has 0 unspecified atom stereocenters. The number of thioether (sulfide) groups is 1. The molecule has 11 heteroatoms. The van der Waals surface area contributed by atoms with Crippen LogP contribution in [0.5, 0.6) is 5.75 Å². The van der Waals surface area contributed by atoms with Gasteiger partial charge in [0.2, 0.25) is 11.8 Å². The first kappa shape index (κ1) is 26.9. The van der Waals surface area contributed by atoms with Crippen molar-refractivity contribution in [2.75, 3.05) is 30.1 Å². The number of anilines is 1. The molecule has 39 heavy (non-hydrogen) atoms. The van der Waals surface area contributed by atoms with Crippen molar-refractivity contribution < 1.29 is 29.0 Å². The monoisotopic (exact) mass is 565 g/mol. The summed E-state index contributed by atoms with van der Waals surface area (Å²) >= 11 is 5.50. The zero-order chi connectivity index (χ0) is 27.7. The van der Waals surface area contributed by atoms with Crippen molar-refractivity contribution in [1.29, 1.82) is 0 Å². The Bertz CT molecular complexity index is 1380. The average molecular weight is 566 g/mol. The van der Waals surface area contributed by atoms with Crippen molar-refractivity contribution in [2.45, 2.75) is 24.4 Å². The van der Waals surface area contributed by atoms with Gasteiger partial charge in [-0.25, -0.2) is 4.79 Å². The van der Waals surface area contributed by atoms with E-state index in [1.54, 1.807) is 42.4 Å². The van der Waals surface area contributed by atoms with Crippen molar-refractivity contribution in [3.8, 4) is 5.75 Å². The molecule has 2 aromatic rings. The fourth-order valence-corrected chi connectivity index (χ4v) is 6.58. The lowest BCUT2D eigenvalue weighted by Gasteiger charge is -2.52. The van der Waals surface area contributed by atoms with Crippen LogP contribution in [-0.2, 0) is 25.7 Å². The predicted molar refractivity (Wildman–Crippen MR) is 150 cm³/mol. The fraction of sp³-hybridized carbons (Fsp3) is 0.286. The van der Waals surface area contributed by atoms with Crippen LogP contribution in [0.2, 0.25) is 0 Å². The summed E-state index contributed by atoms with van der Waals surface area (Å²) in [4.78, 5) is 56.0. The molecule has 3 heterocycles. The van der Waals surface area contributed by atoms with E-state index in [2.05, 4.69) is 12.6 Å². The van der Waals surface area contributed by atoms with Gasteiger partial charge in [0, 0.05) is 30.1 Å². The van der Waals surface area contributed by atoms with E-state index in [0.717, 1.165) is 11.3 Å². The lowest BCUT2D eigenvalue weighted by atomic mass is 9.99. The third kappa shape index (κ3) is 5.04. The number of methoxy groups -OCH3 is 1. The molecule has 0 saturated carbocycles. The van der Waals surface area contributed by atoms with Crippen molar-refractivity contribution in [3.63, 3.8) is 0 Å². The van der Waals surface area contributed by atoms with Crippen molar-refractivity contribution in [1.82, 2.24) is 9.80 Å². The summed E-state index contributed by atoms with van der Waals surface area (Å²) in [5.41, 5.74) is 2.30. The number of thiol groups is 1. The summed E-state index contributed by atoms with van der Waals surface area (Å²) in [6.45, 7) is 0.952. The third-order valence-electron chi connectivity index (χ3n) is 6.98. The highest BCUT2D eigenvalue weighted by molar-refractivity contribution is 8.00. The first-order valence-corrected chi connectivity index (χ1v) is 14.0. The number of hydrogen-bond donors (Lipinski definition) is 2. The first-order chi connectivity index (χ1) is 18.8. The van der Waals surface area contributed by atoms with E-state index in [0.29, 0.717) is 42.1 Å². The van der Waals surface area contributed by atoms with Crippen molar-refractivity contribution >= 4 is 53.8 Å². The van der Waals surface area contributed by atoms with Gasteiger partial charge in [-0.1, -0.05) is 30.3 Å². The van der Waals surface area contributed by atoms with E-state index in [-0.39, 0.29) is 23.3 Å². The number of carbonyl (C=O) groups is 4. The third-order valence-corrected chi connectivity index (χ3v) is 8.54. The summed E-state index contributed by atoms with van der Waals surface area (Å²) in [6.07, 6.45) is 2.10. The van der Waals surface area contributed by atoms with E-state index >= 15 is 0 Å². The Morgan fingerprint density at radius 3 is 2.51 bits per heavy atom. The highest BCUT2D eigenvalue weighted by Crippen LogP contribution is 2.44. The molecule has 0 aromatic heterocycles. The summed E-state index contributed by atoms with van der Waals surface area (Å²) < 4.78 is 5.18. The number of amides is 3. The molecule has 2 saturated heterocycles. The molecule has 0 bridgehead atoms. The number of rotatable bonds is 8. The molecule has 1 N–H and O–H groups in total. The van der Waals surface area contributed by atoms with E-state index in [1.807, 2.05) is 30.3 Å². The normalized spacial score (nSPS) is 21.6. The number of fused-ring (bicyclic) bond motifs is 1. The Morgan fingerprint density at radius 1 is 1.15 bits per heavy atom. The van der Waals surface area contributed by atoms with Crippen LogP contribution in [0.25, 0.3) is 0 Å². The molecule has 3 amide bonds. The van der Waals surface area contributed by atoms with Gasteiger partial charge in [0.25, 0.3) is 5.91 Å². The number of ether oxygens (including phenoxy) is 1. The van der Waals surface area contributed by atoms with Crippen LogP contribution in [0, 0.1) is 0 Å². The minimum atomic E-state index is -1.24. The number of aliphatic carboxylic acids is 1. The lowest BCUT2D eigenvalue weighted by Crippen LogP contribution is -2.71. The van der Waals surface area contributed by atoms with Gasteiger partial charge in [-0.15, -0.1) is 11.8 Å². The number of allylic oxidation sites excluding steroid dienone is 1. The zero-order valence-electron chi connectivity index (χ0n) is 21.1. The number of para-hydroxylation sites is 1. The standard InChI is InChI=1S/C28H27N3O6S2/c1-37-21-9-7-17(8-10-21)14-29-12-11-18(25(29)33)13-19-16-39-27-24(26(34)31(27)23(19)28(35)36)30(22(32)15-38)20-5-3-2-4-6-20/h2-10,13,24,27,38H,11-12,14-16H2,1H3,(H,35,36)/b18-13+/t24-,27-/m1/s1. The number of carboxylic acids is 1. The Labute approximate surface area is 235 Å². The minimum Gasteiger partial charge on any atom is -0.497 e. The van der Waals surface area contributed by atoms with Gasteiger partial charge in [-0.2, -0.15) is 12.6 Å². The molecule has 5 rings (SSSR count). The highest BCUT2D eigenvalue weighted by Gasteiger charge is 2.57. The zero-order valence-corrected chi connectivity index (χ0v) is 22.9. The topological polar surface area (TPSA) is 107 Å². The maximum absolute atomic E-state index is 13.4. The van der Waals surface area contributed by atoms with E-state index in [1.165, 1.54) is 21.6 Å². The summed E-state index contributed by atoms with van der Waals surface area (Å²) in [5, 5.41) is 9.53. The van der Waals surface area contributed by atoms with Gasteiger partial charge >= 0.3 is 5.97 Å². The Morgan fingerprint density at radius 2 is 1.87 bits per heavy atom. The quantitative estimate of drug-likeness (QED) is 0.288. The molecule has 2 fully saturated rings. The van der Waals surface area contributed by atoms with Gasteiger partial charge < -0.3 is 14.7 Å².